The van der Waals surface area contributed by atoms with E-state index in [4.69, 9.17) is 0 Å². The van der Waals surface area contributed by atoms with E-state index in [0.29, 0.717) is 0 Å². The number of anilines is 2. The van der Waals surface area contributed by atoms with Crippen LogP contribution in [0, 0.1) is 0 Å². The Labute approximate surface area is 183 Å². The molecule has 1 amide bonds. The first-order valence-corrected chi connectivity index (χ1v) is 8.99. The SMILES string of the molecule is C=N/C(=C\C=C(/C)C(F)(F)F)Nc1cc(C(=O)Nc2cnccc2OCC(F)(F)F)ccn1. The van der Waals surface area contributed by atoms with Crippen LogP contribution in [-0.4, -0.2) is 41.6 Å². The van der Waals surface area contributed by atoms with Gasteiger partial charge in [0.1, 0.15) is 23.1 Å². The molecule has 0 fully saturated rings. The van der Waals surface area contributed by atoms with Gasteiger partial charge in [-0.25, -0.2) is 9.98 Å². The van der Waals surface area contributed by atoms with Crippen LogP contribution in [0.3, 0.4) is 0 Å². The summed E-state index contributed by atoms with van der Waals surface area (Å²) in [5.41, 5.74) is -0.936. The number of aromatic nitrogens is 2. The minimum atomic E-state index is -4.57. The Hall–Kier alpha value is -3.90. The van der Waals surface area contributed by atoms with E-state index in [1.54, 1.807) is 0 Å². The van der Waals surface area contributed by atoms with Crippen molar-refractivity contribution in [1.82, 2.24) is 9.97 Å². The highest BCUT2D eigenvalue weighted by atomic mass is 19.4. The third-order valence-electron chi connectivity index (χ3n) is 3.81. The van der Waals surface area contributed by atoms with Gasteiger partial charge in [0, 0.05) is 29.6 Å². The molecule has 0 bridgehead atoms. The van der Waals surface area contributed by atoms with E-state index in [9.17, 15) is 31.1 Å². The number of pyridine rings is 2. The van der Waals surface area contributed by atoms with Crippen molar-refractivity contribution in [2.24, 2.45) is 4.99 Å². The summed E-state index contributed by atoms with van der Waals surface area (Å²) in [6, 6.07) is 3.72. The third kappa shape index (κ3) is 8.27. The summed E-state index contributed by atoms with van der Waals surface area (Å²) in [6.07, 6.45) is -3.72. The van der Waals surface area contributed by atoms with Gasteiger partial charge in [0.2, 0.25) is 0 Å². The number of amides is 1. The highest BCUT2D eigenvalue weighted by Crippen LogP contribution is 2.27. The van der Waals surface area contributed by atoms with Crippen molar-refractivity contribution in [3.8, 4) is 5.75 Å². The molecule has 176 valence electrons. The van der Waals surface area contributed by atoms with Gasteiger partial charge in [0.15, 0.2) is 6.61 Å². The lowest BCUT2D eigenvalue weighted by atomic mass is 10.2. The van der Waals surface area contributed by atoms with Gasteiger partial charge >= 0.3 is 12.4 Å². The van der Waals surface area contributed by atoms with Crippen LogP contribution in [0.1, 0.15) is 17.3 Å². The lowest BCUT2D eigenvalue weighted by Crippen LogP contribution is -2.20. The van der Waals surface area contributed by atoms with E-state index in [1.807, 2.05) is 0 Å². The maximum atomic E-state index is 12.6. The van der Waals surface area contributed by atoms with E-state index in [-0.39, 0.29) is 28.6 Å². The number of halogens is 6. The molecule has 2 aromatic rings. The number of hydrogen-bond acceptors (Lipinski definition) is 6. The van der Waals surface area contributed by atoms with Crippen LogP contribution in [0.25, 0.3) is 0 Å². The molecule has 2 aromatic heterocycles. The van der Waals surface area contributed by atoms with Crippen LogP contribution >= 0.6 is 0 Å². The maximum absolute atomic E-state index is 12.6. The van der Waals surface area contributed by atoms with Crippen LogP contribution in [-0.2, 0) is 0 Å². The van der Waals surface area contributed by atoms with Crippen LogP contribution in [0.15, 0.2) is 65.3 Å². The molecular formula is C20H17F6N5O2. The number of aliphatic imine (C=N–C) groups is 1. The third-order valence-corrected chi connectivity index (χ3v) is 3.81. The molecule has 7 nitrogen and oxygen atoms in total. The Balaban J connectivity index is 2.16. The van der Waals surface area contributed by atoms with Gasteiger partial charge in [-0.3, -0.25) is 9.78 Å². The fraction of sp³-hybridized carbons (Fsp3) is 0.200. The van der Waals surface area contributed by atoms with E-state index in [1.165, 1.54) is 24.5 Å². The van der Waals surface area contributed by atoms with E-state index in [0.717, 1.165) is 31.3 Å². The number of nitrogens with one attached hydrogen (secondary N) is 2. The molecule has 0 spiro atoms. The van der Waals surface area contributed by atoms with Gasteiger partial charge in [0.05, 0.1) is 6.20 Å². The standard InChI is InChI=1S/C20H17F6N5O2/c1-12(20(24,25)26)3-4-16(27-2)31-17-9-13(5-8-29-17)18(32)30-14-10-28-7-6-15(14)33-11-19(21,22)23/h3-10H,2,11H2,1H3,(H,29,31)(H,30,32)/b12-3+,16-4+. The number of allylic oxidation sites excluding steroid dienone is 3. The monoisotopic (exact) mass is 473 g/mol. The lowest BCUT2D eigenvalue weighted by Gasteiger charge is -2.13. The summed E-state index contributed by atoms with van der Waals surface area (Å²) in [4.78, 5) is 23.8. The second-order valence-electron chi connectivity index (χ2n) is 6.34. The van der Waals surface area contributed by atoms with Crippen molar-refractivity contribution in [3.05, 3.63) is 65.9 Å². The number of nitrogens with zero attached hydrogens (tertiary/aromatic N) is 3. The first-order valence-electron chi connectivity index (χ1n) is 8.99. The summed E-state index contributed by atoms with van der Waals surface area (Å²) in [5.74, 6) is -0.982. The van der Waals surface area contributed by atoms with Gasteiger partial charge in [-0.15, -0.1) is 0 Å². The molecule has 0 unspecified atom stereocenters. The summed E-state index contributed by atoms with van der Waals surface area (Å²) in [7, 11) is 0. The summed E-state index contributed by atoms with van der Waals surface area (Å²) < 4.78 is 79.7. The number of carbonyl (C=O) groups is 1. The van der Waals surface area contributed by atoms with Gasteiger partial charge in [-0.2, -0.15) is 26.3 Å². The quantitative estimate of drug-likeness (QED) is 0.315. The summed E-state index contributed by atoms with van der Waals surface area (Å²) >= 11 is 0. The number of ether oxygens (including phenoxy) is 1. The van der Waals surface area contributed by atoms with Crippen LogP contribution in [0.2, 0.25) is 0 Å². The zero-order chi connectivity index (χ0) is 24.6. The first kappa shape index (κ1) is 25.4. The smallest absolute Gasteiger partial charge is 0.422 e. The number of alkyl halides is 6. The highest BCUT2D eigenvalue weighted by molar-refractivity contribution is 6.05. The van der Waals surface area contributed by atoms with Crippen molar-refractivity contribution >= 4 is 24.1 Å². The second-order valence-corrected chi connectivity index (χ2v) is 6.34. The fourth-order valence-corrected chi connectivity index (χ4v) is 2.16. The van der Waals surface area contributed by atoms with E-state index < -0.39 is 30.4 Å². The second kappa shape index (κ2) is 10.6. The van der Waals surface area contributed by atoms with Gasteiger partial charge in [-0.05, 0) is 31.9 Å². The zero-order valence-electron chi connectivity index (χ0n) is 17.0. The van der Waals surface area contributed by atoms with E-state index in [2.05, 4.69) is 37.0 Å². The zero-order valence-corrected chi connectivity index (χ0v) is 17.0. The molecule has 0 saturated carbocycles. The number of rotatable bonds is 8. The summed E-state index contributed by atoms with van der Waals surface area (Å²) in [6.45, 7) is 2.58. The van der Waals surface area contributed by atoms with Crippen LogP contribution in [0.4, 0.5) is 37.8 Å². The minimum absolute atomic E-state index is 0.0311. The molecule has 2 heterocycles. The molecule has 0 radical (unpaired) electrons. The molecule has 0 aliphatic rings. The molecule has 33 heavy (non-hydrogen) atoms. The Morgan fingerprint density at radius 2 is 1.88 bits per heavy atom. The molecule has 13 heteroatoms. The Kier molecular flexibility index (Phi) is 8.16. The topological polar surface area (TPSA) is 88.5 Å². The first-order chi connectivity index (χ1) is 15.4. The molecule has 2 N–H and O–H groups in total. The molecular weight excluding hydrogens is 456 g/mol. The maximum Gasteiger partial charge on any atom is 0.422 e. The average molecular weight is 473 g/mol. The van der Waals surface area contributed by atoms with Crippen molar-refractivity contribution in [2.45, 2.75) is 19.3 Å². The van der Waals surface area contributed by atoms with Crippen molar-refractivity contribution in [2.75, 3.05) is 17.2 Å². The molecule has 0 aliphatic heterocycles. The largest absolute Gasteiger partial charge is 0.482 e. The molecule has 0 saturated heterocycles. The van der Waals surface area contributed by atoms with Gasteiger partial charge in [0.25, 0.3) is 5.91 Å². The highest BCUT2D eigenvalue weighted by Gasteiger charge is 2.30. The molecule has 2 rings (SSSR count). The average Bonchev–Trinajstić information content (AvgIpc) is 2.74. The predicted molar refractivity (Wildman–Crippen MR) is 109 cm³/mol. The van der Waals surface area contributed by atoms with Crippen molar-refractivity contribution in [1.29, 1.82) is 0 Å². The Morgan fingerprint density at radius 3 is 2.52 bits per heavy atom. The van der Waals surface area contributed by atoms with Crippen LogP contribution < -0.4 is 15.4 Å². The summed E-state index contributed by atoms with van der Waals surface area (Å²) in [5, 5.41) is 4.99. The molecule has 0 aromatic carbocycles. The van der Waals surface area contributed by atoms with Gasteiger partial charge in [-0.1, -0.05) is 6.08 Å². The molecule has 0 atom stereocenters. The Morgan fingerprint density at radius 1 is 1.15 bits per heavy atom. The minimum Gasteiger partial charge on any atom is -0.482 e. The van der Waals surface area contributed by atoms with Crippen LogP contribution in [0.5, 0.6) is 5.75 Å². The van der Waals surface area contributed by atoms with Crippen molar-refractivity contribution < 1.29 is 35.9 Å². The van der Waals surface area contributed by atoms with E-state index >= 15 is 0 Å². The number of carbonyl (C=O) groups excluding carboxylic acids is 1. The van der Waals surface area contributed by atoms with Crippen molar-refractivity contribution in [3.63, 3.8) is 0 Å². The predicted octanol–water partition coefficient (Wildman–Crippen LogP) is 5.13. The normalized spacial score (nSPS) is 12.8. The molecule has 0 aliphatic carbocycles. The number of hydrogen-bond donors (Lipinski definition) is 2. The Bertz CT molecular complexity index is 1060. The van der Waals surface area contributed by atoms with Gasteiger partial charge < -0.3 is 15.4 Å². The fourth-order valence-electron chi connectivity index (χ4n) is 2.16. The lowest BCUT2D eigenvalue weighted by molar-refractivity contribution is -0.153.